The zero-order valence-electron chi connectivity index (χ0n) is 17.9. The molecule has 0 amide bonds. The molecule has 1 atom stereocenters. The molecule has 2 N–H and O–H groups in total. The van der Waals surface area contributed by atoms with E-state index in [0.29, 0.717) is 27.4 Å². The van der Waals surface area contributed by atoms with Gasteiger partial charge in [-0.25, -0.2) is 9.97 Å². The van der Waals surface area contributed by atoms with E-state index in [1.165, 1.54) is 11.8 Å². The van der Waals surface area contributed by atoms with E-state index < -0.39 is 0 Å². The Kier molecular flexibility index (Phi) is 5.92. The lowest BCUT2D eigenvalue weighted by molar-refractivity contribution is 0.0976. The van der Waals surface area contributed by atoms with Crippen molar-refractivity contribution in [2.75, 3.05) is 30.3 Å². The van der Waals surface area contributed by atoms with Gasteiger partial charge in [0.1, 0.15) is 10.8 Å². The van der Waals surface area contributed by atoms with E-state index in [1.54, 1.807) is 18.6 Å². The normalized spacial score (nSPS) is 20.1. The first-order valence-electron chi connectivity index (χ1n) is 10.7. The van der Waals surface area contributed by atoms with Gasteiger partial charge < -0.3 is 15.4 Å². The largest absolute Gasteiger partial charge is 0.381 e. The molecule has 7 nitrogen and oxygen atoms in total. The van der Waals surface area contributed by atoms with Crippen LogP contribution in [0.1, 0.15) is 26.2 Å². The van der Waals surface area contributed by atoms with Crippen molar-refractivity contribution in [3.05, 3.63) is 48.0 Å². The van der Waals surface area contributed by atoms with Crippen LogP contribution < -0.4 is 10.6 Å². The summed E-state index contributed by atoms with van der Waals surface area (Å²) in [6.45, 7) is 4.93. The number of hydrogen-bond donors (Lipinski definition) is 1. The fourth-order valence-electron chi connectivity index (χ4n) is 4.55. The van der Waals surface area contributed by atoms with Crippen molar-refractivity contribution in [2.24, 2.45) is 5.41 Å². The van der Waals surface area contributed by atoms with Gasteiger partial charge in [-0.1, -0.05) is 35.5 Å². The molecule has 2 aromatic heterocycles. The number of hydrogen-bond acceptors (Lipinski definition) is 8. The summed E-state index contributed by atoms with van der Waals surface area (Å²) in [5.74, 6) is 1.24. The summed E-state index contributed by atoms with van der Waals surface area (Å²) in [6.07, 6.45) is 10.5. The molecule has 0 unspecified atom stereocenters. The van der Waals surface area contributed by atoms with E-state index in [2.05, 4.69) is 31.8 Å². The minimum Gasteiger partial charge on any atom is -0.381 e. The topological polar surface area (TPSA) is 90.1 Å². The van der Waals surface area contributed by atoms with Crippen LogP contribution in [-0.2, 0) is 4.74 Å². The standard InChI is InChI=1S/C23H25ClN6OS/c1-15-11-23(14-31-15)5-9-30(10-6-23)19-13-28-22(21(25)29-19)32-18-4-2-3-16(20(18)24)17-12-26-7-8-27-17/h2-4,7-8,12-13,15H,5-6,9-11,14H2,1H3,(H2,25,29)/t15-/m0/s1. The van der Waals surface area contributed by atoms with Crippen LogP contribution in [0.25, 0.3) is 11.3 Å². The number of rotatable bonds is 4. The lowest BCUT2D eigenvalue weighted by atomic mass is 9.77. The molecule has 166 valence electrons. The van der Waals surface area contributed by atoms with Gasteiger partial charge in [0.25, 0.3) is 0 Å². The first-order chi connectivity index (χ1) is 15.5. The minimum absolute atomic E-state index is 0.329. The Hall–Kier alpha value is -2.42. The predicted octanol–water partition coefficient (Wildman–Crippen LogP) is 4.72. The van der Waals surface area contributed by atoms with Gasteiger partial charge in [0.2, 0.25) is 0 Å². The molecule has 0 bridgehead atoms. The maximum Gasteiger partial charge on any atom is 0.158 e. The van der Waals surface area contributed by atoms with Crippen LogP contribution in [0.2, 0.25) is 5.02 Å². The molecule has 2 saturated heterocycles. The summed E-state index contributed by atoms with van der Waals surface area (Å²) in [4.78, 5) is 20.9. The van der Waals surface area contributed by atoms with E-state index in [0.717, 1.165) is 60.9 Å². The molecular formula is C23H25ClN6OS. The maximum absolute atomic E-state index is 6.67. The van der Waals surface area contributed by atoms with E-state index in [-0.39, 0.29) is 0 Å². The van der Waals surface area contributed by atoms with E-state index in [9.17, 15) is 0 Å². The number of halogens is 1. The molecule has 4 heterocycles. The molecule has 0 saturated carbocycles. The van der Waals surface area contributed by atoms with Crippen molar-refractivity contribution in [3.8, 4) is 11.3 Å². The lowest BCUT2D eigenvalue weighted by Gasteiger charge is -2.38. The number of aromatic nitrogens is 4. The third kappa shape index (κ3) is 4.27. The van der Waals surface area contributed by atoms with E-state index in [1.807, 2.05) is 24.4 Å². The van der Waals surface area contributed by atoms with Crippen LogP contribution in [0.4, 0.5) is 11.6 Å². The van der Waals surface area contributed by atoms with Gasteiger partial charge in [-0.15, -0.1) is 0 Å². The molecule has 2 fully saturated rings. The second-order valence-electron chi connectivity index (χ2n) is 8.54. The summed E-state index contributed by atoms with van der Waals surface area (Å²) in [5, 5.41) is 1.23. The van der Waals surface area contributed by atoms with Crippen LogP contribution >= 0.6 is 23.4 Å². The quantitative estimate of drug-likeness (QED) is 0.588. The number of nitrogens with zero attached hydrogens (tertiary/aromatic N) is 5. The van der Waals surface area contributed by atoms with Gasteiger partial charge >= 0.3 is 0 Å². The smallest absolute Gasteiger partial charge is 0.158 e. The van der Waals surface area contributed by atoms with Crippen molar-refractivity contribution in [1.82, 2.24) is 19.9 Å². The van der Waals surface area contributed by atoms with Crippen molar-refractivity contribution < 1.29 is 4.74 Å². The molecule has 1 spiro atoms. The second-order valence-corrected chi connectivity index (χ2v) is 9.95. The molecule has 1 aromatic carbocycles. The maximum atomic E-state index is 6.67. The summed E-state index contributed by atoms with van der Waals surface area (Å²) in [5.41, 5.74) is 8.17. The Labute approximate surface area is 196 Å². The van der Waals surface area contributed by atoms with Gasteiger partial charge in [-0.2, -0.15) is 0 Å². The number of nitrogens with two attached hydrogens (primary N) is 1. The van der Waals surface area contributed by atoms with Crippen LogP contribution in [0.15, 0.2) is 52.9 Å². The van der Waals surface area contributed by atoms with E-state index >= 15 is 0 Å². The number of benzene rings is 1. The zero-order valence-corrected chi connectivity index (χ0v) is 19.4. The summed E-state index contributed by atoms with van der Waals surface area (Å²) >= 11 is 8.08. The highest BCUT2D eigenvalue weighted by Gasteiger charge is 2.41. The fourth-order valence-corrected chi connectivity index (χ4v) is 5.70. The molecular weight excluding hydrogens is 444 g/mol. The molecule has 32 heavy (non-hydrogen) atoms. The summed E-state index contributed by atoms with van der Waals surface area (Å²) in [6, 6.07) is 5.80. The number of nitrogen functional groups attached to an aromatic ring is 1. The van der Waals surface area contributed by atoms with Crippen LogP contribution in [0.5, 0.6) is 0 Å². The van der Waals surface area contributed by atoms with Crippen molar-refractivity contribution in [1.29, 1.82) is 0 Å². The first-order valence-corrected chi connectivity index (χ1v) is 11.9. The van der Waals surface area contributed by atoms with Crippen LogP contribution in [-0.4, -0.2) is 45.7 Å². The molecule has 5 rings (SSSR count). The number of anilines is 2. The van der Waals surface area contributed by atoms with Gasteiger partial charge in [0.05, 0.1) is 35.8 Å². The zero-order chi connectivity index (χ0) is 22.1. The minimum atomic E-state index is 0.329. The van der Waals surface area contributed by atoms with Crippen LogP contribution in [0.3, 0.4) is 0 Å². The van der Waals surface area contributed by atoms with Gasteiger partial charge in [-0.3, -0.25) is 9.97 Å². The number of piperidine rings is 1. The highest BCUT2D eigenvalue weighted by molar-refractivity contribution is 7.99. The summed E-state index contributed by atoms with van der Waals surface area (Å²) in [7, 11) is 0. The molecule has 2 aliphatic rings. The van der Waals surface area contributed by atoms with Crippen molar-refractivity contribution in [2.45, 2.75) is 42.2 Å². The Morgan fingerprint density at radius 1 is 1.19 bits per heavy atom. The van der Waals surface area contributed by atoms with Crippen LogP contribution in [0, 0.1) is 5.41 Å². The fraction of sp³-hybridized carbons (Fsp3) is 0.391. The highest BCUT2D eigenvalue weighted by atomic mass is 35.5. The average Bonchev–Trinajstić information content (AvgIpc) is 3.17. The molecule has 2 aliphatic heterocycles. The second kappa shape index (κ2) is 8.84. The third-order valence-corrected chi connectivity index (χ3v) is 7.89. The van der Waals surface area contributed by atoms with Gasteiger partial charge in [0, 0.05) is 35.9 Å². The Morgan fingerprint density at radius 3 is 2.72 bits per heavy atom. The molecule has 0 radical (unpaired) electrons. The predicted molar refractivity (Wildman–Crippen MR) is 127 cm³/mol. The van der Waals surface area contributed by atoms with Gasteiger partial charge in [0.15, 0.2) is 5.82 Å². The van der Waals surface area contributed by atoms with Crippen molar-refractivity contribution >= 4 is 35.0 Å². The molecule has 3 aromatic rings. The highest BCUT2D eigenvalue weighted by Crippen LogP contribution is 2.43. The SMILES string of the molecule is C[C@H]1CC2(CCN(c3cnc(Sc4cccc(-c5cnccn5)c4Cl)c(N)n3)CC2)CO1. The Balaban J connectivity index is 1.31. The van der Waals surface area contributed by atoms with E-state index in [4.69, 9.17) is 22.1 Å². The number of ether oxygens (including phenoxy) is 1. The molecule has 0 aliphatic carbocycles. The third-order valence-electron chi connectivity index (χ3n) is 6.30. The van der Waals surface area contributed by atoms with Crippen molar-refractivity contribution in [3.63, 3.8) is 0 Å². The monoisotopic (exact) mass is 468 g/mol. The Morgan fingerprint density at radius 2 is 2.03 bits per heavy atom. The lowest BCUT2D eigenvalue weighted by Crippen LogP contribution is -2.41. The Bertz CT molecular complexity index is 1110. The average molecular weight is 469 g/mol. The van der Waals surface area contributed by atoms with Gasteiger partial charge in [-0.05, 0) is 37.7 Å². The molecule has 9 heteroatoms. The summed E-state index contributed by atoms with van der Waals surface area (Å²) < 4.78 is 5.84. The first kappa shape index (κ1) is 21.4.